The Morgan fingerprint density at radius 1 is 1.03 bits per heavy atom. The van der Waals surface area contributed by atoms with E-state index in [1.54, 1.807) is 11.3 Å². The van der Waals surface area contributed by atoms with Crippen molar-refractivity contribution in [1.82, 2.24) is 4.98 Å². The van der Waals surface area contributed by atoms with Crippen LogP contribution in [0.1, 0.15) is 19.4 Å². The molecule has 5 rings (SSSR count). The van der Waals surface area contributed by atoms with E-state index in [2.05, 4.69) is 73.0 Å². The number of aryl methyl sites for hydroxylation is 1. The van der Waals surface area contributed by atoms with Crippen molar-refractivity contribution in [2.24, 2.45) is 0 Å². The molecule has 3 aromatic carbocycles. The third-order valence-electron chi connectivity index (χ3n) is 4.94. The third kappa shape index (κ3) is 4.96. The minimum absolute atomic E-state index is 0. The Morgan fingerprint density at radius 3 is 2.47 bits per heavy atom. The molecule has 0 aliphatic carbocycles. The molecule has 2 heterocycles. The normalized spacial score (nSPS) is 11.2. The summed E-state index contributed by atoms with van der Waals surface area (Å²) in [6.07, 6.45) is 1.17. The SMILES string of the molecule is CC(=O)/C=C(/C)O.Cc1cc2ccccc2[c-]c1-c1nc2ccccc2c2ccsc12.[Ir]. The number of aromatic nitrogens is 1. The summed E-state index contributed by atoms with van der Waals surface area (Å²) in [5.41, 5.74) is 4.40. The topological polar surface area (TPSA) is 50.2 Å². The number of para-hydroxylation sites is 1. The first-order valence-electron chi connectivity index (χ1n) is 10.00. The maximum atomic E-state index is 10.0. The first-order chi connectivity index (χ1) is 14.9. The standard InChI is InChI=1S/C22H14NS.C5H8O2.Ir/c1-14-12-15-6-2-3-7-16(15)13-19(14)21-22-18(10-11-24-22)17-8-4-5-9-20(17)23-21;1-4(6)3-5(2)7;/h2-12H,1H3;3,6H,1-2H3;/q-1;;/b;4-3-;. The van der Waals surface area contributed by atoms with Gasteiger partial charge in [0, 0.05) is 42.0 Å². The quantitative estimate of drug-likeness (QED) is 0.128. The van der Waals surface area contributed by atoms with Crippen molar-refractivity contribution in [3.63, 3.8) is 0 Å². The number of nitrogens with zero attached hydrogens (tertiary/aromatic N) is 1. The molecule has 0 bridgehead atoms. The molecule has 0 atom stereocenters. The molecule has 5 aromatic rings. The molecule has 0 amide bonds. The molecule has 32 heavy (non-hydrogen) atoms. The van der Waals surface area contributed by atoms with Crippen LogP contribution in [0.15, 0.2) is 77.9 Å². The van der Waals surface area contributed by atoms with Crippen LogP contribution >= 0.6 is 11.3 Å². The number of thiophene rings is 1. The second-order valence-corrected chi connectivity index (χ2v) is 8.37. The van der Waals surface area contributed by atoms with Gasteiger partial charge in [-0.3, -0.25) is 9.78 Å². The maximum Gasteiger partial charge on any atom is 0.155 e. The van der Waals surface area contributed by atoms with E-state index in [-0.39, 0.29) is 31.6 Å². The van der Waals surface area contributed by atoms with Crippen LogP contribution in [0, 0.1) is 13.0 Å². The summed E-state index contributed by atoms with van der Waals surface area (Å²) in [6.45, 7) is 5.00. The van der Waals surface area contributed by atoms with E-state index in [1.165, 1.54) is 46.3 Å². The molecule has 0 aliphatic rings. The molecule has 3 nitrogen and oxygen atoms in total. The number of pyridine rings is 1. The molecule has 0 aliphatic heterocycles. The molecule has 5 heteroatoms. The van der Waals surface area contributed by atoms with Gasteiger partial charge in [0.25, 0.3) is 0 Å². The van der Waals surface area contributed by atoms with Crippen LogP contribution in [0.5, 0.6) is 0 Å². The van der Waals surface area contributed by atoms with Gasteiger partial charge >= 0.3 is 0 Å². The minimum Gasteiger partial charge on any atom is -0.512 e. The average molecular weight is 617 g/mol. The number of aliphatic hydroxyl groups is 1. The van der Waals surface area contributed by atoms with E-state index in [0.29, 0.717) is 0 Å². The predicted molar refractivity (Wildman–Crippen MR) is 131 cm³/mol. The number of carbonyl (C=O) groups excluding carboxylic acids is 1. The molecule has 0 fully saturated rings. The average Bonchev–Trinajstić information content (AvgIpc) is 3.22. The third-order valence-corrected chi connectivity index (χ3v) is 5.86. The smallest absolute Gasteiger partial charge is 0.155 e. The van der Waals surface area contributed by atoms with Crippen LogP contribution in [0.25, 0.3) is 43.0 Å². The number of allylic oxidation sites excluding steroid dienone is 2. The van der Waals surface area contributed by atoms with Gasteiger partial charge in [0.05, 0.1) is 11.3 Å². The van der Waals surface area contributed by atoms with Crippen molar-refractivity contribution in [3.05, 3.63) is 89.5 Å². The van der Waals surface area contributed by atoms with E-state index in [9.17, 15) is 4.79 Å². The maximum absolute atomic E-state index is 10.0. The molecule has 0 unspecified atom stereocenters. The second-order valence-electron chi connectivity index (χ2n) is 7.45. The van der Waals surface area contributed by atoms with E-state index >= 15 is 0 Å². The molecular weight excluding hydrogens is 595 g/mol. The van der Waals surface area contributed by atoms with Gasteiger partial charge in [-0.25, -0.2) is 0 Å². The van der Waals surface area contributed by atoms with Crippen LogP contribution in [0.4, 0.5) is 0 Å². The zero-order valence-electron chi connectivity index (χ0n) is 18.0. The molecule has 2 aromatic heterocycles. The van der Waals surface area contributed by atoms with Crippen molar-refractivity contribution < 1.29 is 30.0 Å². The Morgan fingerprint density at radius 2 is 1.75 bits per heavy atom. The number of aliphatic hydroxyl groups excluding tert-OH is 1. The minimum atomic E-state index is -0.125. The molecular formula is C27H22IrNO2S-. The largest absolute Gasteiger partial charge is 0.512 e. The van der Waals surface area contributed by atoms with Gasteiger partial charge in [0.2, 0.25) is 0 Å². The van der Waals surface area contributed by atoms with Gasteiger partial charge in [-0.2, -0.15) is 0 Å². The van der Waals surface area contributed by atoms with E-state index < -0.39 is 0 Å². The summed E-state index contributed by atoms with van der Waals surface area (Å²) in [5, 5.41) is 15.4. The van der Waals surface area contributed by atoms with Crippen molar-refractivity contribution in [3.8, 4) is 11.3 Å². The Balaban J connectivity index is 0.000000318. The fourth-order valence-corrected chi connectivity index (χ4v) is 4.56. The van der Waals surface area contributed by atoms with Gasteiger partial charge in [0.1, 0.15) is 0 Å². The Kier molecular flexibility index (Phi) is 7.57. The number of carbonyl (C=O) groups is 1. The van der Waals surface area contributed by atoms with E-state index in [4.69, 9.17) is 10.1 Å². The number of benzene rings is 3. The number of rotatable bonds is 2. The number of ketones is 1. The van der Waals surface area contributed by atoms with Crippen LogP contribution in [0.3, 0.4) is 0 Å². The summed E-state index contributed by atoms with van der Waals surface area (Å²) < 4.78 is 1.24. The predicted octanol–water partition coefficient (Wildman–Crippen LogP) is 7.41. The molecule has 0 spiro atoms. The van der Waals surface area contributed by atoms with Gasteiger partial charge in [-0.1, -0.05) is 54.3 Å². The van der Waals surface area contributed by atoms with Crippen molar-refractivity contribution in [1.29, 1.82) is 0 Å². The molecule has 0 saturated carbocycles. The van der Waals surface area contributed by atoms with E-state index in [0.717, 1.165) is 22.2 Å². The molecule has 0 saturated heterocycles. The van der Waals surface area contributed by atoms with Gasteiger partial charge < -0.3 is 5.11 Å². The van der Waals surface area contributed by atoms with Crippen molar-refractivity contribution in [2.75, 3.05) is 0 Å². The number of hydrogen-bond donors (Lipinski definition) is 1. The number of hydrogen-bond acceptors (Lipinski definition) is 4. The molecule has 1 radical (unpaired) electrons. The Bertz CT molecular complexity index is 1450. The molecule has 163 valence electrons. The van der Waals surface area contributed by atoms with Gasteiger partial charge in [-0.05, 0) is 36.7 Å². The fourth-order valence-electron chi connectivity index (χ4n) is 3.66. The first kappa shape index (κ1) is 23.8. The van der Waals surface area contributed by atoms with Gasteiger partial charge in [-0.15, -0.1) is 40.5 Å². The first-order valence-corrected chi connectivity index (χ1v) is 10.9. The second kappa shape index (κ2) is 10.2. The van der Waals surface area contributed by atoms with Crippen molar-refractivity contribution >= 4 is 48.9 Å². The van der Waals surface area contributed by atoms with E-state index in [1.807, 2.05) is 6.07 Å². The summed E-state index contributed by atoms with van der Waals surface area (Å²) in [6, 6.07) is 24.8. The van der Waals surface area contributed by atoms with Crippen LogP contribution in [-0.2, 0) is 24.9 Å². The monoisotopic (exact) mass is 617 g/mol. The van der Waals surface area contributed by atoms with Crippen LogP contribution in [-0.4, -0.2) is 15.9 Å². The Labute approximate surface area is 204 Å². The van der Waals surface area contributed by atoms with Crippen LogP contribution < -0.4 is 0 Å². The zero-order chi connectivity index (χ0) is 22.0. The fraction of sp³-hybridized carbons (Fsp3) is 0.111. The molecule has 1 N–H and O–H groups in total. The summed E-state index contributed by atoms with van der Waals surface area (Å²) in [7, 11) is 0. The van der Waals surface area contributed by atoms with Gasteiger partial charge in [0.15, 0.2) is 5.78 Å². The van der Waals surface area contributed by atoms with Crippen molar-refractivity contribution in [2.45, 2.75) is 20.8 Å². The summed E-state index contributed by atoms with van der Waals surface area (Å²) in [4.78, 5) is 15.0. The zero-order valence-corrected chi connectivity index (χ0v) is 21.2. The summed E-state index contributed by atoms with van der Waals surface area (Å²) >= 11 is 1.76. The number of fused-ring (bicyclic) bond motifs is 4. The summed E-state index contributed by atoms with van der Waals surface area (Å²) in [5.74, 6) is -0.0625. The Hall–Kier alpha value is -2.85. The van der Waals surface area contributed by atoms with Crippen LogP contribution in [0.2, 0.25) is 0 Å².